The van der Waals surface area contributed by atoms with E-state index in [1.165, 1.54) is 55.9 Å². The molecule has 0 fully saturated rings. The highest BCUT2D eigenvalue weighted by atomic mass is 15.1. The summed E-state index contributed by atoms with van der Waals surface area (Å²) in [6.45, 7) is 4.69. The molecule has 0 saturated carbocycles. The standard InChI is InChI=1S/C34H29N/c1-34(2)32-21-16-27(25-12-8-5-9-13-25)22-31(32)30-20-19-29(23-33(30)34)35(3)28-17-14-26(15-18-28)24-10-6-4-7-11-24/h4-23H,1-3H3. The van der Waals surface area contributed by atoms with Crippen molar-refractivity contribution in [1.29, 1.82) is 0 Å². The zero-order chi connectivity index (χ0) is 24.0. The van der Waals surface area contributed by atoms with E-state index in [0.717, 1.165) is 0 Å². The summed E-state index contributed by atoms with van der Waals surface area (Å²) in [6.07, 6.45) is 0. The lowest BCUT2D eigenvalue weighted by Crippen LogP contribution is -2.16. The van der Waals surface area contributed by atoms with Crippen molar-refractivity contribution in [2.24, 2.45) is 0 Å². The average molecular weight is 452 g/mol. The third-order valence-corrected chi connectivity index (χ3v) is 7.52. The largest absolute Gasteiger partial charge is 0.345 e. The van der Waals surface area contributed by atoms with Gasteiger partial charge in [-0.15, -0.1) is 0 Å². The molecule has 1 nitrogen and oxygen atoms in total. The third-order valence-electron chi connectivity index (χ3n) is 7.52. The lowest BCUT2D eigenvalue weighted by Gasteiger charge is -2.25. The van der Waals surface area contributed by atoms with Crippen molar-refractivity contribution >= 4 is 11.4 Å². The fourth-order valence-corrected chi connectivity index (χ4v) is 5.42. The van der Waals surface area contributed by atoms with Crippen molar-refractivity contribution in [3.05, 3.63) is 132 Å². The van der Waals surface area contributed by atoms with E-state index in [9.17, 15) is 0 Å². The fraction of sp³-hybridized carbons (Fsp3) is 0.118. The Labute approximate surface area is 208 Å². The van der Waals surface area contributed by atoms with Crippen molar-refractivity contribution < 1.29 is 0 Å². The first kappa shape index (κ1) is 21.4. The van der Waals surface area contributed by atoms with Crippen LogP contribution in [0.4, 0.5) is 11.4 Å². The van der Waals surface area contributed by atoms with Gasteiger partial charge in [0.2, 0.25) is 0 Å². The molecule has 0 radical (unpaired) electrons. The van der Waals surface area contributed by atoms with E-state index in [0.29, 0.717) is 0 Å². The number of hydrogen-bond donors (Lipinski definition) is 0. The van der Waals surface area contributed by atoms with E-state index in [4.69, 9.17) is 0 Å². The van der Waals surface area contributed by atoms with Gasteiger partial charge in [-0.1, -0.05) is 105 Å². The van der Waals surface area contributed by atoms with Crippen LogP contribution in [-0.2, 0) is 5.41 Å². The predicted molar refractivity (Wildman–Crippen MR) is 149 cm³/mol. The molecule has 0 heterocycles. The zero-order valence-corrected chi connectivity index (χ0v) is 20.5. The summed E-state index contributed by atoms with van der Waals surface area (Å²) in [5, 5.41) is 0. The molecule has 0 saturated heterocycles. The van der Waals surface area contributed by atoms with Gasteiger partial charge in [-0.25, -0.2) is 0 Å². The minimum Gasteiger partial charge on any atom is -0.345 e. The summed E-state index contributed by atoms with van der Waals surface area (Å²) in [6, 6.07) is 43.9. The van der Waals surface area contributed by atoms with E-state index in [1.54, 1.807) is 0 Å². The molecule has 1 aliphatic carbocycles. The second kappa shape index (κ2) is 8.29. The number of hydrogen-bond acceptors (Lipinski definition) is 1. The SMILES string of the molecule is CN(c1ccc(-c2ccccc2)cc1)c1ccc2c(c1)C(C)(C)c1ccc(-c3ccccc3)cc1-2. The number of fused-ring (bicyclic) bond motifs is 3. The minimum absolute atomic E-state index is 0.0338. The van der Waals surface area contributed by atoms with Crippen molar-refractivity contribution in [3.8, 4) is 33.4 Å². The van der Waals surface area contributed by atoms with E-state index >= 15 is 0 Å². The summed E-state index contributed by atoms with van der Waals surface area (Å²) in [4.78, 5) is 2.28. The molecule has 0 atom stereocenters. The summed E-state index contributed by atoms with van der Waals surface area (Å²) >= 11 is 0. The third kappa shape index (κ3) is 3.65. The van der Waals surface area contributed by atoms with Crippen LogP contribution in [0.2, 0.25) is 0 Å². The molecule has 0 aliphatic heterocycles. The molecule has 0 spiro atoms. The first-order valence-corrected chi connectivity index (χ1v) is 12.3. The summed E-state index contributed by atoms with van der Waals surface area (Å²) < 4.78 is 0. The summed E-state index contributed by atoms with van der Waals surface area (Å²) in [5.41, 5.74) is 12.9. The monoisotopic (exact) mass is 451 g/mol. The molecule has 0 bridgehead atoms. The van der Waals surface area contributed by atoms with Crippen LogP contribution >= 0.6 is 0 Å². The van der Waals surface area contributed by atoms with Gasteiger partial charge in [0.15, 0.2) is 0 Å². The molecule has 35 heavy (non-hydrogen) atoms. The lowest BCUT2D eigenvalue weighted by molar-refractivity contribution is 0.660. The van der Waals surface area contributed by atoms with Gasteiger partial charge in [-0.2, -0.15) is 0 Å². The maximum Gasteiger partial charge on any atom is 0.0411 e. The molecule has 6 rings (SSSR count). The molecule has 170 valence electrons. The van der Waals surface area contributed by atoms with Crippen LogP contribution in [0.5, 0.6) is 0 Å². The second-order valence-electron chi connectivity index (χ2n) is 9.95. The van der Waals surface area contributed by atoms with Gasteiger partial charge in [0.25, 0.3) is 0 Å². The molecule has 5 aromatic rings. The van der Waals surface area contributed by atoms with Crippen LogP contribution in [0.15, 0.2) is 121 Å². The highest BCUT2D eigenvalue weighted by molar-refractivity contribution is 5.86. The second-order valence-corrected chi connectivity index (χ2v) is 9.95. The van der Waals surface area contributed by atoms with Gasteiger partial charge < -0.3 is 4.90 Å². The zero-order valence-electron chi connectivity index (χ0n) is 20.5. The van der Waals surface area contributed by atoms with Crippen LogP contribution in [0.25, 0.3) is 33.4 Å². The molecule has 5 aromatic carbocycles. The maximum atomic E-state index is 2.38. The van der Waals surface area contributed by atoms with Gasteiger partial charge in [0, 0.05) is 23.8 Å². The number of anilines is 2. The molecule has 0 unspecified atom stereocenters. The Balaban J connectivity index is 1.35. The molecular formula is C34H29N. The lowest BCUT2D eigenvalue weighted by atomic mass is 9.82. The van der Waals surface area contributed by atoms with Crippen molar-refractivity contribution in [1.82, 2.24) is 0 Å². The Morgan fingerprint density at radius 2 is 1.00 bits per heavy atom. The van der Waals surface area contributed by atoms with Crippen molar-refractivity contribution in [2.75, 3.05) is 11.9 Å². The number of nitrogens with zero attached hydrogens (tertiary/aromatic N) is 1. The molecule has 0 N–H and O–H groups in total. The van der Waals surface area contributed by atoms with E-state index in [2.05, 4.69) is 147 Å². The number of rotatable bonds is 4. The van der Waals surface area contributed by atoms with Gasteiger partial charge in [-0.05, 0) is 74.8 Å². The van der Waals surface area contributed by atoms with Crippen molar-refractivity contribution in [2.45, 2.75) is 19.3 Å². The Morgan fingerprint density at radius 3 is 1.66 bits per heavy atom. The Kier molecular flexibility index (Phi) is 5.07. The van der Waals surface area contributed by atoms with Crippen LogP contribution < -0.4 is 4.90 Å². The average Bonchev–Trinajstić information content (AvgIpc) is 3.15. The Bertz CT molecular complexity index is 1500. The highest BCUT2D eigenvalue weighted by Crippen LogP contribution is 2.50. The minimum atomic E-state index is -0.0338. The number of benzene rings is 5. The van der Waals surface area contributed by atoms with Gasteiger partial charge in [0.1, 0.15) is 0 Å². The van der Waals surface area contributed by atoms with E-state index < -0.39 is 0 Å². The van der Waals surface area contributed by atoms with Gasteiger partial charge in [0.05, 0.1) is 0 Å². The first-order chi connectivity index (χ1) is 17.0. The van der Waals surface area contributed by atoms with E-state index in [-0.39, 0.29) is 5.41 Å². The predicted octanol–water partition coefficient (Wildman–Crippen LogP) is 9.09. The highest BCUT2D eigenvalue weighted by Gasteiger charge is 2.35. The topological polar surface area (TPSA) is 3.24 Å². The van der Waals surface area contributed by atoms with Gasteiger partial charge in [-0.3, -0.25) is 0 Å². The smallest absolute Gasteiger partial charge is 0.0411 e. The maximum absolute atomic E-state index is 2.38. The quantitative estimate of drug-likeness (QED) is 0.263. The van der Waals surface area contributed by atoms with Gasteiger partial charge >= 0.3 is 0 Å². The first-order valence-electron chi connectivity index (χ1n) is 12.3. The summed E-state index contributed by atoms with van der Waals surface area (Å²) in [5.74, 6) is 0. The van der Waals surface area contributed by atoms with Crippen LogP contribution in [0, 0.1) is 0 Å². The fourth-order valence-electron chi connectivity index (χ4n) is 5.42. The molecular weight excluding hydrogens is 422 g/mol. The summed E-state index contributed by atoms with van der Waals surface area (Å²) in [7, 11) is 2.15. The molecule has 0 amide bonds. The molecule has 0 aromatic heterocycles. The van der Waals surface area contributed by atoms with Crippen molar-refractivity contribution in [3.63, 3.8) is 0 Å². The Hall–Kier alpha value is -4.10. The van der Waals surface area contributed by atoms with E-state index in [1.807, 2.05) is 0 Å². The molecule has 1 heteroatoms. The van der Waals surface area contributed by atoms with Crippen LogP contribution in [0.1, 0.15) is 25.0 Å². The molecule has 1 aliphatic rings. The Morgan fingerprint density at radius 1 is 0.457 bits per heavy atom. The van der Waals surface area contributed by atoms with Crippen LogP contribution in [0.3, 0.4) is 0 Å². The normalized spacial score (nSPS) is 13.2. The van der Waals surface area contributed by atoms with Crippen LogP contribution in [-0.4, -0.2) is 7.05 Å².